The number of hydrogen-bond donors (Lipinski definition) is 0. The van der Waals surface area contributed by atoms with Gasteiger partial charge in [-0.3, -0.25) is 9.59 Å². The molecule has 4 heteroatoms. The van der Waals surface area contributed by atoms with Gasteiger partial charge in [-0.25, -0.2) is 0 Å². The van der Waals surface area contributed by atoms with Crippen molar-refractivity contribution in [1.29, 1.82) is 0 Å². The Labute approximate surface area is 172 Å². The van der Waals surface area contributed by atoms with Gasteiger partial charge in [0.15, 0.2) is 5.78 Å². The van der Waals surface area contributed by atoms with Crippen LogP contribution in [0.4, 0.5) is 0 Å². The highest BCUT2D eigenvalue weighted by Crippen LogP contribution is 2.70. The number of ketones is 1. The van der Waals surface area contributed by atoms with E-state index in [0.717, 1.165) is 24.7 Å². The van der Waals surface area contributed by atoms with Gasteiger partial charge in [0.05, 0.1) is 0 Å². The largest absolute Gasteiger partial charge is 0.461 e. The van der Waals surface area contributed by atoms with Gasteiger partial charge in [-0.2, -0.15) is 0 Å². The normalized spacial score (nSPS) is 51.7. The molecule has 0 aromatic rings. The summed E-state index contributed by atoms with van der Waals surface area (Å²) in [5.74, 6) is 2.64. The molecule has 0 aromatic heterocycles. The molecule has 0 saturated heterocycles. The maximum absolute atomic E-state index is 12.8. The minimum Gasteiger partial charge on any atom is -0.461 e. The molecular formula is C23H35BrO3. The summed E-state index contributed by atoms with van der Waals surface area (Å²) in [6.07, 6.45) is 11.0. The van der Waals surface area contributed by atoms with E-state index < -0.39 is 4.32 Å². The second-order valence-electron chi connectivity index (χ2n) is 10.5. The van der Waals surface area contributed by atoms with Crippen LogP contribution in [0.5, 0.6) is 0 Å². The molecule has 27 heavy (non-hydrogen) atoms. The van der Waals surface area contributed by atoms with Gasteiger partial charge in [0.25, 0.3) is 0 Å². The zero-order chi connectivity index (χ0) is 19.6. The van der Waals surface area contributed by atoms with E-state index in [-0.39, 0.29) is 23.3 Å². The Bertz CT molecular complexity index is 648. The molecule has 0 aromatic carbocycles. The fourth-order valence-corrected chi connectivity index (χ4v) is 8.99. The Kier molecular flexibility index (Phi) is 4.85. The van der Waals surface area contributed by atoms with E-state index in [1.807, 2.05) is 0 Å². The number of hydrogen-bond acceptors (Lipinski definition) is 3. The third kappa shape index (κ3) is 2.64. The van der Waals surface area contributed by atoms with E-state index >= 15 is 0 Å². The van der Waals surface area contributed by atoms with E-state index in [9.17, 15) is 9.59 Å². The molecule has 0 amide bonds. The number of rotatable bonds is 2. The molecule has 4 aliphatic rings. The van der Waals surface area contributed by atoms with E-state index in [4.69, 9.17) is 4.74 Å². The summed E-state index contributed by atoms with van der Waals surface area (Å²) >= 11 is 3.88. The van der Waals surface area contributed by atoms with Crippen LogP contribution in [0.2, 0.25) is 0 Å². The molecule has 0 radical (unpaired) electrons. The molecule has 0 spiro atoms. The van der Waals surface area contributed by atoms with Crippen molar-refractivity contribution in [2.75, 3.05) is 0 Å². The van der Waals surface area contributed by atoms with Crippen molar-refractivity contribution in [3.63, 3.8) is 0 Å². The average Bonchev–Trinajstić information content (AvgIpc) is 2.83. The molecule has 4 saturated carbocycles. The molecule has 8 unspecified atom stereocenters. The minimum absolute atomic E-state index is 0.120. The van der Waals surface area contributed by atoms with Gasteiger partial charge < -0.3 is 4.74 Å². The number of halogens is 1. The first-order valence-corrected chi connectivity index (χ1v) is 11.8. The summed E-state index contributed by atoms with van der Waals surface area (Å²) in [4.78, 5) is 24.6. The summed E-state index contributed by atoms with van der Waals surface area (Å²) in [7, 11) is 0. The van der Waals surface area contributed by atoms with E-state index in [1.54, 1.807) is 6.92 Å². The van der Waals surface area contributed by atoms with Crippen LogP contribution < -0.4 is 0 Å². The molecule has 0 aliphatic heterocycles. The van der Waals surface area contributed by atoms with E-state index in [2.05, 4.69) is 29.8 Å². The van der Waals surface area contributed by atoms with Crippen molar-refractivity contribution in [2.24, 2.45) is 34.5 Å². The van der Waals surface area contributed by atoms with Gasteiger partial charge >= 0.3 is 5.97 Å². The fourth-order valence-electron chi connectivity index (χ4n) is 8.22. The van der Waals surface area contributed by atoms with Gasteiger partial charge in [-0.1, -0.05) is 42.6 Å². The summed E-state index contributed by atoms with van der Waals surface area (Å²) < 4.78 is 5.02. The predicted molar refractivity (Wildman–Crippen MR) is 110 cm³/mol. The van der Waals surface area contributed by atoms with E-state index in [0.29, 0.717) is 17.3 Å². The number of fused-ring (bicyclic) bond motifs is 5. The molecule has 4 aliphatic carbocycles. The SMILES string of the molecule is CC(=O)OC1CC2C3CCC4CCCCC4(C)C3CCC2(C)C1(Br)C(C)=O. The smallest absolute Gasteiger partial charge is 0.302 e. The van der Waals surface area contributed by atoms with Crippen LogP contribution in [-0.2, 0) is 14.3 Å². The first-order chi connectivity index (χ1) is 12.6. The van der Waals surface area contributed by atoms with Crippen molar-refractivity contribution < 1.29 is 14.3 Å². The third-order valence-corrected chi connectivity index (χ3v) is 11.5. The van der Waals surface area contributed by atoms with Crippen molar-refractivity contribution in [3.8, 4) is 0 Å². The highest BCUT2D eigenvalue weighted by molar-refractivity contribution is 9.10. The number of carbonyl (C=O) groups excluding carboxylic acids is 2. The Morgan fingerprint density at radius 2 is 1.70 bits per heavy atom. The quantitative estimate of drug-likeness (QED) is 0.411. The molecule has 0 N–H and O–H groups in total. The second kappa shape index (κ2) is 6.57. The number of carbonyl (C=O) groups is 2. The number of esters is 1. The number of ether oxygens (including phenoxy) is 1. The van der Waals surface area contributed by atoms with Crippen LogP contribution in [0.15, 0.2) is 0 Å². The number of alkyl halides is 1. The molecular weight excluding hydrogens is 404 g/mol. The lowest BCUT2D eigenvalue weighted by Crippen LogP contribution is -2.57. The topological polar surface area (TPSA) is 43.4 Å². The monoisotopic (exact) mass is 438 g/mol. The fraction of sp³-hybridized carbons (Fsp3) is 0.913. The summed E-state index contributed by atoms with van der Waals surface area (Å²) in [6.45, 7) is 8.00. The lowest BCUT2D eigenvalue weighted by Gasteiger charge is -2.61. The highest BCUT2D eigenvalue weighted by Gasteiger charge is 2.70. The lowest BCUT2D eigenvalue weighted by atomic mass is 9.45. The Morgan fingerprint density at radius 1 is 0.963 bits per heavy atom. The second-order valence-corrected chi connectivity index (χ2v) is 11.7. The van der Waals surface area contributed by atoms with Crippen molar-refractivity contribution in [3.05, 3.63) is 0 Å². The Morgan fingerprint density at radius 3 is 2.37 bits per heavy atom. The first kappa shape index (κ1) is 19.9. The predicted octanol–water partition coefficient (Wildman–Crippen LogP) is 5.68. The molecule has 8 atom stereocenters. The van der Waals surface area contributed by atoms with Crippen molar-refractivity contribution in [2.45, 2.75) is 95.9 Å². The maximum Gasteiger partial charge on any atom is 0.302 e. The van der Waals surface area contributed by atoms with Crippen LogP contribution in [-0.4, -0.2) is 22.2 Å². The molecule has 4 rings (SSSR count). The van der Waals surface area contributed by atoms with Crippen molar-refractivity contribution in [1.82, 2.24) is 0 Å². The van der Waals surface area contributed by atoms with Crippen LogP contribution in [0.25, 0.3) is 0 Å². The molecule has 152 valence electrons. The Hall–Kier alpha value is -0.380. The third-order valence-electron chi connectivity index (χ3n) is 9.54. The zero-order valence-corrected chi connectivity index (χ0v) is 18.9. The number of Topliss-reactive ketones (excluding diaryl/α,β-unsaturated/α-hetero) is 1. The van der Waals surface area contributed by atoms with Crippen LogP contribution in [0, 0.1) is 34.5 Å². The van der Waals surface area contributed by atoms with Crippen LogP contribution >= 0.6 is 15.9 Å². The van der Waals surface area contributed by atoms with Gasteiger partial charge in [0.2, 0.25) is 0 Å². The highest BCUT2D eigenvalue weighted by atomic mass is 79.9. The average molecular weight is 439 g/mol. The Balaban J connectivity index is 1.70. The first-order valence-electron chi connectivity index (χ1n) is 11.0. The van der Waals surface area contributed by atoms with Crippen molar-refractivity contribution >= 4 is 27.7 Å². The minimum atomic E-state index is -0.731. The molecule has 4 fully saturated rings. The van der Waals surface area contributed by atoms with Gasteiger partial charge in [0, 0.05) is 6.92 Å². The lowest BCUT2D eigenvalue weighted by molar-refractivity contribution is -0.149. The zero-order valence-electron chi connectivity index (χ0n) is 17.4. The van der Waals surface area contributed by atoms with Gasteiger partial charge in [-0.15, -0.1) is 0 Å². The van der Waals surface area contributed by atoms with Crippen LogP contribution in [0.3, 0.4) is 0 Å². The molecule has 3 nitrogen and oxygen atoms in total. The van der Waals surface area contributed by atoms with Crippen LogP contribution in [0.1, 0.15) is 85.5 Å². The maximum atomic E-state index is 12.8. The van der Waals surface area contributed by atoms with Gasteiger partial charge in [0.1, 0.15) is 10.4 Å². The standard InChI is InChI=1S/C23H35BrO3/c1-14(25)23(24)20(27-15(2)26)13-19-17-9-8-16-7-5-6-11-21(16,3)18(17)10-12-22(19,23)4/h16-20H,5-13H2,1-4H3. The summed E-state index contributed by atoms with van der Waals surface area (Å²) in [5, 5.41) is 0. The molecule has 0 bridgehead atoms. The van der Waals surface area contributed by atoms with Gasteiger partial charge in [-0.05, 0) is 86.4 Å². The summed E-state index contributed by atoms with van der Waals surface area (Å²) in [6, 6.07) is 0. The summed E-state index contributed by atoms with van der Waals surface area (Å²) in [5.41, 5.74) is 0.352. The molecule has 0 heterocycles. The van der Waals surface area contributed by atoms with E-state index in [1.165, 1.54) is 51.9 Å².